The van der Waals surface area contributed by atoms with Gasteiger partial charge in [0.15, 0.2) is 11.5 Å². The van der Waals surface area contributed by atoms with E-state index in [0.717, 1.165) is 18.5 Å². The van der Waals surface area contributed by atoms with E-state index < -0.39 is 23.1 Å². The standard InChI is InChI=1S/C17H22BNO4/c1-19-9-8-16(7-6-14(20)17(18,21)15(16)19)11-4-5-12(22-2)13(10-11)23-3/h4-7,10,14-15,20-21H,8-9H2,1-3H3/t14?,15?,16-,17?/m0/s1. The number of hydrogen-bond acceptors (Lipinski definition) is 5. The summed E-state index contributed by atoms with van der Waals surface area (Å²) >= 11 is 0. The first-order valence-electron chi connectivity index (χ1n) is 7.68. The Kier molecular flexibility index (Phi) is 3.95. The first-order chi connectivity index (χ1) is 10.9. The lowest BCUT2D eigenvalue weighted by Gasteiger charge is -2.49. The molecule has 1 aliphatic heterocycles. The van der Waals surface area contributed by atoms with Crippen LogP contribution in [-0.2, 0) is 5.41 Å². The molecule has 0 amide bonds. The molecule has 1 aliphatic carbocycles. The van der Waals surface area contributed by atoms with Gasteiger partial charge in [-0.2, -0.15) is 0 Å². The largest absolute Gasteiger partial charge is 0.493 e. The zero-order valence-electron chi connectivity index (χ0n) is 13.7. The summed E-state index contributed by atoms with van der Waals surface area (Å²) in [7, 11) is 11.2. The van der Waals surface area contributed by atoms with E-state index in [1.165, 1.54) is 0 Å². The quantitative estimate of drug-likeness (QED) is 0.626. The summed E-state index contributed by atoms with van der Waals surface area (Å²) < 4.78 is 10.7. The molecule has 5 nitrogen and oxygen atoms in total. The molecule has 3 rings (SSSR count). The lowest BCUT2D eigenvalue weighted by atomic mass is 9.57. The Morgan fingerprint density at radius 1 is 1.26 bits per heavy atom. The van der Waals surface area contributed by atoms with Crippen LogP contribution in [0.15, 0.2) is 30.4 Å². The molecule has 6 heteroatoms. The summed E-state index contributed by atoms with van der Waals surface area (Å²) in [5, 5.41) is 20.8. The summed E-state index contributed by atoms with van der Waals surface area (Å²) in [6.07, 6.45) is 3.26. The van der Waals surface area contributed by atoms with Gasteiger partial charge in [-0.3, -0.25) is 0 Å². The molecule has 4 atom stereocenters. The van der Waals surface area contributed by atoms with E-state index in [-0.39, 0.29) is 0 Å². The van der Waals surface area contributed by atoms with Crippen LogP contribution >= 0.6 is 0 Å². The number of aliphatic hydroxyl groups excluding tert-OH is 1. The highest BCUT2D eigenvalue weighted by Gasteiger charge is 2.57. The minimum atomic E-state index is -1.72. The number of rotatable bonds is 3. The maximum atomic E-state index is 10.7. The number of methoxy groups -OCH3 is 2. The molecule has 0 aromatic heterocycles. The molecule has 3 unspecified atom stereocenters. The van der Waals surface area contributed by atoms with E-state index in [1.807, 2.05) is 36.2 Å². The second kappa shape index (κ2) is 5.55. The Hall–Kier alpha value is -1.50. The predicted molar refractivity (Wildman–Crippen MR) is 88.1 cm³/mol. The van der Waals surface area contributed by atoms with Gasteiger partial charge in [0.2, 0.25) is 0 Å². The minimum Gasteiger partial charge on any atom is -0.493 e. The van der Waals surface area contributed by atoms with Gasteiger partial charge in [-0.25, -0.2) is 0 Å². The molecule has 1 heterocycles. The fraction of sp³-hybridized carbons (Fsp3) is 0.529. The van der Waals surface area contributed by atoms with Crippen LogP contribution in [0, 0.1) is 0 Å². The van der Waals surface area contributed by atoms with E-state index in [0.29, 0.717) is 11.5 Å². The number of nitrogens with zero attached hydrogens (tertiary/aromatic N) is 1. The number of ether oxygens (including phenoxy) is 2. The van der Waals surface area contributed by atoms with Crippen molar-refractivity contribution in [2.75, 3.05) is 27.8 Å². The fourth-order valence-electron chi connectivity index (χ4n) is 4.06. The molecule has 2 N–H and O–H groups in total. The van der Waals surface area contributed by atoms with Gasteiger partial charge in [0.25, 0.3) is 0 Å². The van der Waals surface area contributed by atoms with Gasteiger partial charge in [0, 0.05) is 11.5 Å². The Morgan fingerprint density at radius 3 is 2.61 bits per heavy atom. The minimum absolute atomic E-state index is 0.423. The van der Waals surface area contributed by atoms with Crippen LogP contribution in [0.25, 0.3) is 0 Å². The Labute approximate surface area is 137 Å². The SMILES string of the molecule is [B]C1(O)C(O)C=C[C@@]2(c3ccc(OC)c(OC)c3)CCN(C)C12. The van der Waals surface area contributed by atoms with Crippen molar-refractivity contribution < 1.29 is 19.7 Å². The number of likely N-dealkylation sites (tertiary alicyclic amines) is 1. The van der Waals surface area contributed by atoms with Crippen LogP contribution < -0.4 is 9.47 Å². The van der Waals surface area contributed by atoms with E-state index >= 15 is 0 Å². The van der Waals surface area contributed by atoms with Gasteiger partial charge in [-0.1, -0.05) is 18.2 Å². The van der Waals surface area contributed by atoms with Gasteiger partial charge >= 0.3 is 0 Å². The van der Waals surface area contributed by atoms with Gasteiger partial charge in [-0.05, 0) is 37.7 Å². The molecule has 0 saturated carbocycles. The Bertz CT molecular complexity index is 633. The molecule has 0 spiro atoms. The third kappa shape index (κ3) is 2.28. The number of hydrogen-bond donors (Lipinski definition) is 2. The number of aliphatic hydroxyl groups is 2. The number of likely N-dealkylation sites (N-methyl/N-ethyl adjacent to an activating group) is 1. The molecular weight excluding hydrogens is 293 g/mol. The first kappa shape index (κ1) is 16.4. The highest BCUT2D eigenvalue weighted by Crippen LogP contribution is 2.49. The molecule has 1 fully saturated rings. The van der Waals surface area contributed by atoms with Crippen molar-refractivity contribution in [2.45, 2.75) is 29.5 Å². The van der Waals surface area contributed by atoms with Crippen LogP contribution in [0.3, 0.4) is 0 Å². The second-order valence-corrected chi connectivity index (χ2v) is 6.43. The molecule has 23 heavy (non-hydrogen) atoms. The Balaban J connectivity index is 2.15. The van der Waals surface area contributed by atoms with Gasteiger partial charge < -0.3 is 24.6 Å². The zero-order valence-corrected chi connectivity index (χ0v) is 13.7. The fourth-order valence-corrected chi connectivity index (χ4v) is 4.06. The predicted octanol–water partition coefficient (Wildman–Crippen LogP) is 0.433. The van der Waals surface area contributed by atoms with Crippen molar-refractivity contribution in [3.63, 3.8) is 0 Å². The molecule has 1 aromatic carbocycles. The van der Waals surface area contributed by atoms with E-state index in [1.54, 1.807) is 20.3 Å². The average Bonchev–Trinajstić information content (AvgIpc) is 2.90. The van der Waals surface area contributed by atoms with Gasteiger partial charge in [0.05, 0.1) is 25.8 Å². The van der Waals surface area contributed by atoms with Crippen molar-refractivity contribution in [1.29, 1.82) is 0 Å². The third-order valence-corrected chi connectivity index (χ3v) is 5.22. The van der Waals surface area contributed by atoms with Crippen molar-refractivity contribution in [3.8, 4) is 11.5 Å². The summed E-state index contributed by atoms with van der Waals surface area (Å²) in [4.78, 5) is 2.00. The molecular formula is C17H22BNO4. The van der Waals surface area contributed by atoms with Crippen molar-refractivity contribution in [3.05, 3.63) is 35.9 Å². The normalized spacial score (nSPS) is 36.7. The summed E-state index contributed by atoms with van der Waals surface area (Å²) in [6, 6.07) is 5.31. The van der Waals surface area contributed by atoms with Crippen LogP contribution in [0.2, 0.25) is 0 Å². The van der Waals surface area contributed by atoms with Crippen LogP contribution in [-0.4, -0.2) is 68.4 Å². The smallest absolute Gasteiger partial charge is 0.161 e. The zero-order chi connectivity index (χ0) is 16.8. The summed E-state index contributed by atoms with van der Waals surface area (Å²) in [6.45, 7) is 0.773. The van der Waals surface area contributed by atoms with E-state index in [9.17, 15) is 10.2 Å². The maximum Gasteiger partial charge on any atom is 0.161 e. The maximum absolute atomic E-state index is 10.7. The lowest BCUT2D eigenvalue weighted by molar-refractivity contribution is -0.0540. The van der Waals surface area contributed by atoms with Crippen molar-refractivity contribution in [1.82, 2.24) is 4.90 Å². The highest BCUT2D eigenvalue weighted by atomic mass is 16.5. The monoisotopic (exact) mass is 315 g/mol. The molecule has 1 saturated heterocycles. The Morgan fingerprint density at radius 2 is 1.96 bits per heavy atom. The topological polar surface area (TPSA) is 62.2 Å². The third-order valence-electron chi connectivity index (χ3n) is 5.22. The first-order valence-corrected chi connectivity index (χ1v) is 7.68. The highest BCUT2D eigenvalue weighted by molar-refractivity contribution is 6.16. The van der Waals surface area contributed by atoms with Crippen LogP contribution in [0.4, 0.5) is 0 Å². The summed E-state index contributed by atoms with van der Waals surface area (Å²) in [5.74, 6) is 1.28. The summed E-state index contributed by atoms with van der Waals surface area (Å²) in [5.41, 5.74) is -1.21. The van der Waals surface area contributed by atoms with Gasteiger partial charge in [0.1, 0.15) is 7.85 Å². The number of fused-ring (bicyclic) bond motifs is 1. The van der Waals surface area contributed by atoms with Crippen molar-refractivity contribution >= 4 is 7.85 Å². The molecule has 0 bridgehead atoms. The average molecular weight is 315 g/mol. The van der Waals surface area contributed by atoms with Crippen molar-refractivity contribution in [2.24, 2.45) is 0 Å². The molecule has 2 radical (unpaired) electrons. The van der Waals surface area contributed by atoms with E-state index in [4.69, 9.17) is 17.3 Å². The second-order valence-electron chi connectivity index (χ2n) is 6.43. The lowest BCUT2D eigenvalue weighted by Crippen LogP contribution is -2.64. The van der Waals surface area contributed by atoms with Gasteiger partial charge in [-0.15, -0.1) is 0 Å². The van der Waals surface area contributed by atoms with E-state index in [2.05, 4.69) is 0 Å². The van der Waals surface area contributed by atoms with Crippen LogP contribution in [0.1, 0.15) is 12.0 Å². The number of benzene rings is 1. The van der Waals surface area contributed by atoms with Crippen LogP contribution in [0.5, 0.6) is 11.5 Å². The molecule has 1 aromatic rings. The molecule has 122 valence electrons. The molecule has 2 aliphatic rings.